The van der Waals surface area contributed by atoms with Gasteiger partial charge in [0, 0.05) is 29.2 Å². The summed E-state index contributed by atoms with van der Waals surface area (Å²) in [5, 5.41) is 7.32. The highest BCUT2D eigenvalue weighted by molar-refractivity contribution is 6.33. The van der Waals surface area contributed by atoms with Crippen molar-refractivity contribution in [2.24, 2.45) is 0 Å². The molecule has 274 valence electrons. The molecular weight excluding hydrogens is 703 g/mol. The zero-order valence-corrected chi connectivity index (χ0v) is 32.4. The molecule has 0 radical (unpaired) electrons. The fraction of sp³-hybridized carbons (Fsp3) is 0.0545. The summed E-state index contributed by atoms with van der Waals surface area (Å²) in [5.41, 5.74) is 14.4. The van der Waals surface area contributed by atoms with Gasteiger partial charge in [-0.25, -0.2) is 4.98 Å². The summed E-state index contributed by atoms with van der Waals surface area (Å²) in [6.07, 6.45) is 5.38. The van der Waals surface area contributed by atoms with Gasteiger partial charge in [-0.3, -0.25) is 9.88 Å². The zero-order chi connectivity index (χ0) is 38.8. The average molecular weight is 742 g/mol. The van der Waals surface area contributed by atoms with Gasteiger partial charge < -0.3 is 0 Å². The SMILES string of the molecule is CC1(C)c2ccccc2-c2ccc(N(c3ccc4c(c3)c3ccccc3c3c(-c5ccccc5)cc(-c5ccccc5)c(-c5ccccc5)c43)c3cnccn3)cc21. The number of aromatic nitrogens is 2. The van der Waals surface area contributed by atoms with Crippen molar-refractivity contribution in [3.63, 3.8) is 0 Å². The molecule has 0 fully saturated rings. The summed E-state index contributed by atoms with van der Waals surface area (Å²) in [7, 11) is 0. The minimum atomic E-state index is -0.144. The van der Waals surface area contributed by atoms with Gasteiger partial charge in [0.15, 0.2) is 5.82 Å². The first-order valence-corrected chi connectivity index (χ1v) is 20.0. The van der Waals surface area contributed by atoms with Gasteiger partial charge in [-0.15, -0.1) is 0 Å². The number of fused-ring (bicyclic) bond motifs is 9. The number of rotatable bonds is 6. The van der Waals surface area contributed by atoms with E-state index in [2.05, 4.69) is 206 Å². The van der Waals surface area contributed by atoms with Crippen LogP contribution in [0.4, 0.5) is 17.2 Å². The average Bonchev–Trinajstić information content (AvgIpc) is 3.52. The molecule has 0 saturated heterocycles. The number of hydrogen-bond acceptors (Lipinski definition) is 3. The van der Waals surface area contributed by atoms with Gasteiger partial charge in [-0.1, -0.05) is 166 Å². The van der Waals surface area contributed by atoms with Crippen molar-refractivity contribution in [2.75, 3.05) is 4.90 Å². The van der Waals surface area contributed by atoms with Gasteiger partial charge in [-0.2, -0.15) is 0 Å². The summed E-state index contributed by atoms with van der Waals surface area (Å²) in [4.78, 5) is 11.7. The van der Waals surface area contributed by atoms with E-state index in [9.17, 15) is 0 Å². The molecule has 11 rings (SSSR count). The van der Waals surface area contributed by atoms with Crippen molar-refractivity contribution >= 4 is 49.5 Å². The van der Waals surface area contributed by atoms with Crippen LogP contribution < -0.4 is 4.90 Å². The van der Waals surface area contributed by atoms with E-state index in [0.29, 0.717) is 0 Å². The Hall–Kier alpha value is -7.36. The minimum absolute atomic E-state index is 0.144. The minimum Gasteiger partial charge on any atom is -0.294 e. The molecule has 10 aromatic rings. The van der Waals surface area contributed by atoms with Crippen LogP contribution in [0.2, 0.25) is 0 Å². The van der Waals surface area contributed by atoms with Crippen LogP contribution in [0.25, 0.3) is 76.8 Å². The molecule has 0 amide bonds. The van der Waals surface area contributed by atoms with E-state index in [1.807, 2.05) is 6.20 Å². The molecule has 1 aliphatic rings. The lowest BCUT2D eigenvalue weighted by atomic mass is 9.81. The van der Waals surface area contributed by atoms with E-state index < -0.39 is 0 Å². The predicted molar refractivity (Wildman–Crippen MR) is 243 cm³/mol. The third-order valence-corrected chi connectivity index (χ3v) is 12.2. The molecule has 1 aliphatic carbocycles. The standard InChI is InChI=1S/C55H39N3/c1-55(2)49-25-15-14-23-42(49)43-28-26-40(33-50(43)55)58(51-35-56-30-31-57-51)39-27-29-45-48(32-39)41-22-12-13-24-44(41)53-47(37-18-8-4-9-19-37)34-46(36-16-6-3-7-17-36)52(54(45)53)38-20-10-5-11-21-38/h3-35H,1-2H3. The Labute approximate surface area is 338 Å². The maximum absolute atomic E-state index is 4.90. The third kappa shape index (κ3) is 5.28. The zero-order valence-electron chi connectivity index (χ0n) is 32.4. The molecule has 0 aliphatic heterocycles. The molecule has 3 heteroatoms. The fourth-order valence-electron chi connectivity index (χ4n) is 9.53. The molecule has 0 N–H and O–H groups in total. The highest BCUT2D eigenvalue weighted by atomic mass is 15.2. The van der Waals surface area contributed by atoms with Gasteiger partial charge in [0.2, 0.25) is 0 Å². The molecule has 58 heavy (non-hydrogen) atoms. The van der Waals surface area contributed by atoms with Crippen LogP contribution in [0.5, 0.6) is 0 Å². The van der Waals surface area contributed by atoms with Gasteiger partial charge >= 0.3 is 0 Å². The predicted octanol–water partition coefficient (Wildman–Crippen LogP) is 14.7. The van der Waals surface area contributed by atoms with Crippen LogP contribution in [0.3, 0.4) is 0 Å². The number of hydrogen-bond donors (Lipinski definition) is 0. The van der Waals surface area contributed by atoms with Crippen molar-refractivity contribution < 1.29 is 0 Å². The molecule has 3 nitrogen and oxygen atoms in total. The summed E-state index contributed by atoms with van der Waals surface area (Å²) in [6.45, 7) is 4.66. The topological polar surface area (TPSA) is 29.0 Å². The Morgan fingerprint density at radius 1 is 0.414 bits per heavy atom. The third-order valence-electron chi connectivity index (χ3n) is 12.2. The van der Waals surface area contributed by atoms with Crippen LogP contribution in [-0.2, 0) is 5.41 Å². The lowest BCUT2D eigenvalue weighted by Gasteiger charge is -2.28. The van der Waals surface area contributed by atoms with Gasteiger partial charge in [0.1, 0.15) is 0 Å². The smallest absolute Gasteiger partial charge is 0.156 e. The van der Waals surface area contributed by atoms with Gasteiger partial charge in [0.25, 0.3) is 0 Å². The Kier molecular flexibility index (Phi) is 7.84. The first kappa shape index (κ1) is 33.9. The number of anilines is 3. The van der Waals surface area contributed by atoms with E-state index in [0.717, 1.165) is 17.2 Å². The van der Waals surface area contributed by atoms with E-state index in [1.54, 1.807) is 12.4 Å². The molecular formula is C55H39N3. The van der Waals surface area contributed by atoms with Gasteiger partial charge in [-0.05, 0) is 118 Å². The van der Waals surface area contributed by atoms with Crippen molar-refractivity contribution in [3.8, 4) is 44.5 Å². The molecule has 9 aromatic carbocycles. The van der Waals surface area contributed by atoms with Crippen molar-refractivity contribution in [2.45, 2.75) is 19.3 Å². The Morgan fingerprint density at radius 2 is 1.00 bits per heavy atom. The summed E-state index contributed by atoms with van der Waals surface area (Å²) < 4.78 is 0. The van der Waals surface area contributed by atoms with E-state index >= 15 is 0 Å². The van der Waals surface area contributed by atoms with Crippen LogP contribution in [0, 0.1) is 0 Å². The van der Waals surface area contributed by atoms with Crippen LogP contribution in [0.15, 0.2) is 201 Å². The second kappa shape index (κ2) is 13.4. The second-order valence-electron chi connectivity index (χ2n) is 15.8. The molecule has 1 aromatic heterocycles. The molecule has 0 bridgehead atoms. The quantitative estimate of drug-likeness (QED) is 0.159. The monoisotopic (exact) mass is 741 g/mol. The van der Waals surface area contributed by atoms with Crippen LogP contribution in [-0.4, -0.2) is 9.97 Å². The first-order chi connectivity index (χ1) is 28.6. The summed E-state index contributed by atoms with van der Waals surface area (Å²) in [6, 6.07) is 66.6. The lowest BCUT2D eigenvalue weighted by Crippen LogP contribution is -2.17. The molecule has 0 atom stereocenters. The highest BCUT2D eigenvalue weighted by Gasteiger charge is 2.36. The lowest BCUT2D eigenvalue weighted by molar-refractivity contribution is 0.660. The maximum Gasteiger partial charge on any atom is 0.156 e. The van der Waals surface area contributed by atoms with Crippen molar-refractivity contribution in [1.82, 2.24) is 9.97 Å². The van der Waals surface area contributed by atoms with E-state index in [4.69, 9.17) is 4.98 Å². The Morgan fingerprint density at radius 3 is 1.72 bits per heavy atom. The Bertz CT molecular complexity index is 3170. The molecule has 0 spiro atoms. The Balaban J connectivity index is 1.24. The van der Waals surface area contributed by atoms with Crippen LogP contribution in [0.1, 0.15) is 25.0 Å². The van der Waals surface area contributed by atoms with Crippen molar-refractivity contribution in [3.05, 3.63) is 212 Å². The normalized spacial score (nSPS) is 12.8. The maximum atomic E-state index is 4.90. The van der Waals surface area contributed by atoms with Gasteiger partial charge in [0.05, 0.1) is 6.20 Å². The fourth-order valence-corrected chi connectivity index (χ4v) is 9.53. The molecule has 0 unspecified atom stereocenters. The second-order valence-corrected chi connectivity index (χ2v) is 15.8. The number of benzene rings is 9. The highest BCUT2D eigenvalue weighted by Crippen LogP contribution is 2.52. The van der Waals surface area contributed by atoms with E-state index in [-0.39, 0.29) is 5.41 Å². The molecule has 0 saturated carbocycles. The first-order valence-electron chi connectivity index (χ1n) is 20.0. The van der Waals surface area contributed by atoms with Crippen molar-refractivity contribution in [1.29, 1.82) is 0 Å². The number of nitrogens with zero attached hydrogens (tertiary/aromatic N) is 3. The van der Waals surface area contributed by atoms with E-state index in [1.165, 1.54) is 88.0 Å². The van der Waals surface area contributed by atoms with Crippen LogP contribution >= 0.6 is 0 Å². The summed E-state index contributed by atoms with van der Waals surface area (Å²) in [5.74, 6) is 0.767. The summed E-state index contributed by atoms with van der Waals surface area (Å²) >= 11 is 0. The molecule has 1 heterocycles. The largest absolute Gasteiger partial charge is 0.294 e.